The molecule has 0 aliphatic heterocycles. The van der Waals surface area contributed by atoms with Crippen LogP contribution >= 0.6 is 0 Å². The molecule has 0 radical (unpaired) electrons. The van der Waals surface area contributed by atoms with E-state index in [2.05, 4.69) is 10.1 Å². The van der Waals surface area contributed by atoms with Crippen LogP contribution in [0.5, 0.6) is 0 Å². The normalized spacial score (nSPS) is 14.7. The summed E-state index contributed by atoms with van der Waals surface area (Å²) < 4.78 is 11.9. The lowest BCUT2D eigenvalue weighted by atomic mass is 10.2. The Hall–Kier alpha value is -2.44. The van der Waals surface area contributed by atoms with Gasteiger partial charge < -0.3 is 13.8 Å². The highest BCUT2D eigenvalue weighted by molar-refractivity contribution is 5.89. The molecule has 2 aromatic heterocycles. The quantitative estimate of drug-likeness (QED) is 0.803. The lowest BCUT2D eigenvalue weighted by Gasteiger charge is -2.19. The molecule has 3 rings (SSSR count). The molecule has 0 atom stereocenters. The Labute approximate surface area is 133 Å². The molecule has 1 fully saturated rings. The molecule has 0 bridgehead atoms. The molecular weight excluding hydrogens is 298 g/mol. The monoisotopic (exact) mass is 317 g/mol. The van der Waals surface area contributed by atoms with Crippen molar-refractivity contribution in [2.75, 3.05) is 0 Å². The van der Waals surface area contributed by atoms with Crippen molar-refractivity contribution in [1.82, 2.24) is 14.7 Å². The van der Waals surface area contributed by atoms with E-state index in [0.29, 0.717) is 23.2 Å². The summed E-state index contributed by atoms with van der Waals surface area (Å²) in [6, 6.07) is 2.79. The van der Waals surface area contributed by atoms with Gasteiger partial charge in [0, 0.05) is 18.2 Å². The van der Waals surface area contributed by atoms with Gasteiger partial charge in [-0.2, -0.15) is 4.98 Å². The average Bonchev–Trinajstić information content (AvgIpc) is 3.20. The largest absolute Gasteiger partial charge is 0.456 e. The molecule has 2 aromatic rings. The predicted octanol–water partition coefficient (Wildman–Crippen LogP) is 2.11. The molecule has 122 valence electrons. The molecule has 1 aliphatic carbocycles. The summed E-state index contributed by atoms with van der Waals surface area (Å²) in [5, 5.41) is 3.89. The fourth-order valence-corrected chi connectivity index (χ4v) is 2.09. The number of carbonyl (C=O) groups excluding carboxylic acids is 1. The molecule has 2 heterocycles. The SMILES string of the molecule is CC(C)(C)OC(=O)c1ccc(=O)n(Cc2noc(C3CC3)n2)c1. The third-order valence-electron chi connectivity index (χ3n) is 3.34. The number of aromatic nitrogens is 3. The molecule has 23 heavy (non-hydrogen) atoms. The van der Waals surface area contributed by atoms with Crippen molar-refractivity contribution >= 4 is 5.97 Å². The molecule has 7 nitrogen and oxygen atoms in total. The van der Waals surface area contributed by atoms with Gasteiger partial charge in [-0.1, -0.05) is 5.16 Å². The Morgan fingerprint density at radius 1 is 1.39 bits per heavy atom. The van der Waals surface area contributed by atoms with Crippen LogP contribution in [0.3, 0.4) is 0 Å². The molecule has 0 spiro atoms. The Morgan fingerprint density at radius 3 is 2.78 bits per heavy atom. The van der Waals surface area contributed by atoms with Gasteiger partial charge in [-0.3, -0.25) is 4.79 Å². The van der Waals surface area contributed by atoms with Gasteiger partial charge >= 0.3 is 5.97 Å². The molecule has 1 aliphatic rings. The van der Waals surface area contributed by atoms with Gasteiger partial charge in [0.05, 0.1) is 12.1 Å². The van der Waals surface area contributed by atoms with Crippen molar-refractivity contribution < 1.29 is 14.1 Å². The second-order valence-corrected chi connectivity index (χ2v) is 6.71. The van der Waals surface area contributed by atoms with E-state index >= 15 is 0 Å². The smallest absolute Gasteiger partial charge is 0.340 e. The maximum absolute atomic E-state index is 12.1. The summed E-state index contributed by atoms with van der Waals surface area (Å²) in [6.45, 7) is 5.53. The van der Waals surface area contributed by atoms with E-state index in [1.54, 1.807) is 20.8 Å². The summed E-state index contributed by atoms with van der Waals surface area (Å²) >= 11 is 0. The number of esters is 1. The minimum absolute atomic E-state index is 0.158. The van der Waals surface area contributed by atoms with Crippen molar-refractivity contribution in [3.8, 4) is 0 Å². The van der Waals surface area contributed by atoms with Gasteiger partial charge in [-0.15, -0.1) is 0 Å². The fourth-order valence-electron chi connectivity index (χ4n) is 2.09. The number of pyridine rings is 1. The first-order chi connectivity index (χ1) is 10.8. The van der Waals surface area contributed by atoms with Gasteiger partial charge in [0.15, 0.2) is 5.82 Å². The number of hydrogen-bond donors (Lipinski definition) is 0. The standard InChI is InChI=1S/C16H19N3O4/c1-16(2,3)22-15(21)11-6-7-13(20)19(8-11)9-12-17-14(23-18-12)10-4-5-10/h6-8,10H,4-5,9H2,1-3H3. The Balaban J connectivity index is 1.79. The van der Waals surface area contributed by atoms with Crippen LogP contribution in [0.4, 0.5) is 0 Å². The first kappa shape index (κ1) is 15.5. The molecule has 1 saturated carbocycles. The van der Waals surface area contributed by atoms with Crippen LogP contribution in [0.2, 0.25) is 0 Å². The van der Waals surface area contributed by atoms with Crippen molar-refractivity contribution in [3.05, 3.63) is 46.0 Å². The highest BCUT2D eigenvalue weighted by atomic mass is 16.6. The number of rotatable bonds is 4. The minimum Gasteiger partial charge on any atom is -0.456 e. The summed E-state index contributed by atoms with van der Waals surface area (Å²) in [4.78, 5) is 28.3. The molecular formula is C16H19N3O4. The van der Waals surface area contributed by atoms with Gasteiger partial charge in [-0.05, 0) is 39.7 Å². The van der Waals surface area contributed by atoms with E-state index in [0.717, 1.165) is 12.8 Å². The number of nitrogens with zero attached hydrogens (tertiary/aromatic N) is 3. The molecule has 0 N–H and O–H groups in total. The number of carbonyl (C=O) groups is 1. The van der Waals surface area contributed by atoms with E-state index in [1.165, 1.54) is 22.9 Å². The first-order valence-corrected chi connectivity index (χ1v) is 7.58. The number of ether oxygens (including phenoxy) is 1. The van der Waals surface area contributed by atoms with Crippen molar-refractivity contribution in [1.29, 1.82) is 0 Å². The van der Waals surface area contributed by atoms with Crippen LogP contribution in [0, 0.1) is 0 Å². The molecule has 0 amide bonds. The van der Waals surface area contributed by atoms with E-state index in [9.17, 15) is 9.59 Å². The summed E-state index contributed by atoms with van der Waals surface area (Å²) in [5.74, 6) is 0.936. The zero-order valence-corrected chi connectivity index (χ0v) is 13.4. The second-order valence-electron chi connectivity index (χ2n) is 6.71. The molecule has 0 saturated heterocycles. The Kier molecular flexibility index (Phi) is 3.79. The van der Waals surface area contributed by atoms with Gasteiger partial charge in [0.2, 0.25) is 5.89 Å². The van der Waals surface area contributed by atoms with Crippen molar-refractivity contribution in [2.24, 2.45) is 0 Å². The zero-order valence-electron chi connectivity index (χ0n) is 13.4. The fraction of sp³-hybridized carbons (Fsp3) is 0.500. The Bertz CT molecular complexity index is 781. The minimum atomic E-state index is -0.592. The van der Waals surface area contributed by atoms with E-state index in [-0.39, 0.29) is 12.1 Å². The molecule has 0 aromatic carbocycles. The maximum Gasteiger partial charge on any atom is 0.340 e. The number of hydrogen-bond acceptors (Lipinski definition) is 6. The molecule has 0 unspecified atom stereocenters. The highest BCUT2D eigenvalue weighted by Crippen LogP contribution is 2.38. The maximum atomic E-state index is 12.1. The summed E-state index contributed by atoms with van der Waals surface area (Å²) in [6.07, 6.45) is 3.59. The van der Waals surface area contributed by atoms with Gasteiger partial charge in [-0.25, -0.2) is 4.79 Å². The van der Waals surface area contributed by atoms with Crippen molar-refractivity contribution in [3.63, 3.8) is 0 Å². The first-order valence-electron chi connectivity index (χ1n) is 7.58. The summed E-state index contributed by atoms with van der Waals surface area (Å²) in [7, 11) is 0. The second kappa shape index (κ2) is 5.64. The summed E-state index contributed by atoms with van der Waals surface area (Å²) in [5.41, 5.74) is -0.522. The average molecular weight is 317 g/mol. The van der Waals surface area contributed by atoms with E-state index in [1.807, 2.05) is 0 Å². The third kappa shape index (κ3) is 3.85. The third-order valence-corrected chi connectivity index (χ3v) is 3.34. The lowest BCUT2D eigenvalue weighted by Crippen LogP contribution is -2.26. The molecule has 7 heteroatoms. The van der Waals surface area contributed by atoms with Crippen LogP contribution < -0.4 is 5.56 Å². The predicted molar refractivity (Wildman–Crippen MR) is 81.2 cm³/mol. The lowest BCUT2D eigenvalue weighted by molar-refractivity contribution is 0.00685. The topological polar surface area (TPSA) is 87.2 Å². The highest BCUT2D eigenvalue weighted by Gasteiger charge is 2.29. The van der Waals surface area contributed by atoms with E-state index in [4.69, 9.17) is 9.26 Å². The van der Waals surface area contributed by atoms with E-state index < -0.39 is 11.6 Å². The van der Waals surface area contributed by atoms with Gasteiger partial charge in [0.1, 0.15) is 5.60 Å². The van der Waals surface area contributed by atoms with Crippen molar-refractivity contribution in [2.45, 2.75) is 51.7 Å². The van der Waals surface area contributed by atoms with Crippen LogP contribution in [0.1, 0.15) is 61.6 Å². The Morgan fingerprint density at radius 2 is 2.13 bits per heavy atom. The van der Waals surface area contributed by atoms with Crippen LogP contribution in [-0.4, -0.2) is 26.3 Å². The van der Waals surface area contributed by atoms with Crippen LogP contribution in [0.15, 0.2) is 27.6 Å². The zero-order chi connectivity index (χ0) is 16.6. The van der Waals surface area contributed by atoms with Crippen LogP contribution in [0.25, 0.3) is 0 Å². The van der Waals surface area contributed by atoms with Crippen LogP contribution in [-0.2, 0) is 11.3 Å². The van der Waals surface area contributed by atoms with Gasteiger partial charge in [0.25, 0.3) is 5.56 Å².